The Labute approximate surface area is 79.6 Å². The molecule has 0 bridgehead atoms. The fourth-order valence-electron chi connectivity index (χ4n) is 1.36. The van der Waals surface area contributed by atoms with Crippen LogP contribution in [0.5, 0.6) is 0 Å². The second kappa shape index (κ2) is 4.12. The third-order valence-electron chi connectivity index (χ3n) is 1.82. The van der Waals surface area contributed by atoms with E-state index in [0.29, 0.717) is 5.92 Å². The van der Waals surface area contributed by atoms with Crippen LogP contribution < -0.4 is 10.6 Å². The standard InChI is InChI=1S/C10H17N3/c1-8(2)7-13(3)10-9(11)5-4-6-12-10/h4-6,8H,7,11H2,1-3H3. The summed E-state index contributed by atoms with van der Waals surface area (Å²) in [6.07, 6.45) is 1.77. The van der Waals surface area contributed by atoms with Gasteiger partial charge in [0, 0.05) is 19.8 Å². The third kappa shape index (κ3) is 2.61. The summed E-state index contributed by atoms with van der Waals surface area (Å²) in [5.41, 5.74) is 6.53. The fourth-order valence-corrected chi connectivity index (χ4v) is 1.36. The molecule has 1 aromatic rings. The molecular formula is C10H17N3. The highest BCUT2D eigenvalue weighted by Crippen LogP contribution is 2.18. The van der Waals surface area contributed by atoms with Gasteiger partial charge in [0.05, 0.1) is 5.69 Å². The molecular weight excluding hydrogens is 162 g/mol. The smallest absolute Gasteiger partial charge is 0.151 e. The number of nitrogen functional groups attached to an aromatic ring is 1. The van der Waals surface area contributed by atoms with Crippen molar-refractivity contribution in [3.05, 3.63) is 18.3 Å². The summed E-state index contributed by atoms with van der Waals surface area (Å²) in [4.78, 5) is 6.32. The first-order valence-electron chi connectivity index (χ1n) is 4.53. The predicted octanol–water partition coefficient (Wildman–Crippen LogP) is 1.76. The molecule has 0 radical (unpaired) electrons. The molecule has 1 aromatic heterocycles. The molecule has 0 aromatic carbocycles. The van der Waals surface area contributed by atoms with Crippen LogP contribution in [0.25, 0.3) is 0 Å². The van der Waals surface area contributed by atoms with Gasteiger partial charge in [-0.3, -0.25) is 0 Å². The summed E-state index contributed by atoms with van der Waals surface area (Å²) < 4.78 is 0. The van der Waals surface area contributed by atoms with E-state index in [9.17, 15) is 0 Å². The van der Waals surface area contributed by atoms with Gasteiger partial charge in [0.1, 0.15) is 0 Å². The molecule has 0 fully saturated rings. The summed E-state index contributed by atoms with van der Waals surface area (Å²) in [7, 11) is 2.01. The van der Waals surface area contributed by atoms with Crippen molar-refractivity contribution in [2.24, 2.45) is 5.92 Å². The summed E-state index contributed by atoms with van der Waals surface area (Å²) in [5.74, 6) is 1.49. The Morgan fingerprint density at radius 3 is 2.77 bits per heavy atom. The van der Waals surface area contributed by atoms with Crippen LogP contribution in [0.15, 0.2) is 18.3 Å². The van der Waals surface area contributed by atoms with Crippen LogP contribution in [0.1, 0.15) is 13.8 Å². The minimum absolute atomic E-state index is 0.617. The quantitative estimate of drug-likeness (QED) is 0.768. The molecule has 0 saturated heterocycles. The van der Waals surface area contributed by atoms with E-state index >= 15 is 0 Å². The number of anilines is 2. The van der Waals surface area contributed by atoms with Gasteiger partial charge in [-0.25, -0.2) is 4.98 Å². The van der Waals surface area contributed by atoms with Crippen LogP contribution in [0.3, 0.4) is 0 Å². The number of nitrogens with zero attached hydrogens (tertiary/aromatic N) is 2. The molecule has 13 heavy (non-hydrogen) atoms. The van der Waals surface area contributed by atoms with Crippen molar-refractivity contribution in [3.63, 3.8) is 0 Å². The lowest BCUT2D eigenvalue weighted by atomic mass is 10.2. The van der Waals surface area contributed by atoms with Gasteiger partial charge < -0.3 is 10.6 Å². The van der Waals surface area contributed by atoms with E-state index in [0.717, 1.165) is 18.1 Å². The van der Waals surface area contributed by atoms with Crippen molar-refractivity contribution in [1.29, 1.82) is 0 Å². The lowest BCUT2D eigenvalue weighted by molar-refractivity contribution is 0.635. The molecule has 0 spiro atoms. The lowest BCUT2D eigenvalue weighted by Gasteiger charge is -2.21. The molecule has 3 nitrogen and oxygen atoms in total. The summed E-state index contributed by atoms with van der Waals surface area (Å²) in [5, 5.41) is 0. The Morgan fingerprint density at radius 2 is 2.23 bits per heavy atom. The second-order valence-electron chi connectivity index (χ2n) is 3.69. The molecule has 72 valence electrons. The Balaban J connectivity index is 2.76. The largest absolute Gasteiger partial charge is 0.396 e. The number of aromatic nitrogens is 1. The van der Waals surface area contributed by atoms with E-state index in [-0.39, 0.29) is 0 Å². The highest BCUT2D eigenvalue weighted by atomic mass is 15.2. The highest BCUT2D eigenvalue weighted by molar-refractivity contribution is 5.61. The van der Waals surface area contributed by atoms with Gasteiger partial charge >= 0.3 is 0 Å². The maximum Gasteiger partial charge on any atom is 0.151 e. The predicted molar refractivity (Wildman–Crippen MR) is 56.8 cm³/mol. The van der Waals surface area contributed by atoms with Crippen molar-refractivity contribution in [1.82, 2.24) is 4.98 Å². The zero-order valence-corrected chi connectivity index (χ0v) is 8.49. The average molecular weight is 179 g/mol. The van der Waals surface area contributed by atoms with Crippen LogP contribution in [0, 0.1) is 5.92 Å². The Bertz CT molecular complexity index is 271. The maximum atomic E-state index is 5.79. The molecule has 2 N–H and O–H groups in total. The van der Waals surface area contributed by atoms with Crippen LogP contribution in [0.2, 0.25) is 0 Å². The van der Waals surface area contributed by atoms with Crippen LogP contribution in [-0.2, 0) is 0 Å². The van der Waals surface area contributed by atoms with Crippen molar-refractivity contribution in [2.45, 2.75) is 13.8 Å². The fraction of sp³-hybridized carbons (Fsp3) is 0.500. The number of pyridine rings is 1. The molecule has 3 heteroatoms. The third-order valence-corrected chi connectivity index (χ3v) is 1.82. The minimum atomic E-state index is 0.617. The van der Waals surface area contributed by atoms with Gasteiger partial charge in [-0.15, -0.1) is 0 Å². The van der Waals surface area contributed by atoms with Gasteiger partial charge in [-0.05, 0) is 18.1 Å². The van der Waals surface area contributed by atoms with Crippen LogP contribution in [0.4, 0.5) is 11.5 Å². The van der Waals surface area contributed by atoms with Crippen molar-refractivity contribution < 1.29 is 0 Å². The highest BCUT2D eigenvalue weighted by Gasteiger charge is 2.06. The normalized spacial score (nSPS) is 10.5. The Kier molecular flexibility index (Phi) is 3.12. The van der Waals surface area contributed by atoms with Gasteiger partial charge in [0.15, 0.2) is 5.82 Å². The number of rotatable bonds is 3. The Hall–Kier alpha value is -1.25. The second-order valence-corrected chi connectivity index (χ2v) is 3.69. The van der Waals surface area contributed by atoms with Crippen LogP contribution >= 0.6 is 0 Å². The van der Waals surface area contributed by atoms with Gasteiger partial charge in [0.2, 0.25) is 0 Å². The van der Waals surface area contributed by atoms with Crippen LogP contribution in [-0.4, -0.2) is 18.6 Å². The molecule has 0 saturated carbocycles. The first-order valence-corrected chi connectivity index (χ1v) is 4.53. The van der Waals surface area contributed by atoms with Gasteiger partial charge in [-0.2, -0.15) is 0 Å². The van der Waals surface area contributed by atoms with E-state index < -0.39 is 0 Å². The first-order chi connectivity index (χ1) is 6.11. The number of nitrogens with two attached hydrogens (primary N) is 1. The molecule has 1 rings (SSSR count). The molecule has 0 unspecified atom stereocenters. The van der Waals surface area contributed by atoms with Crippen molar-refractivity contribution in [2.75, 3.05) is 24.2 Å². The van der Waals surface area contributed by atoms with E-state index in [1.165, 1.54) is 0 Å². The monoisotopic (exact) mass is 179 g/mol. The van der Waals surface area contributed by atoms with E-state index in [1.807, 2.05) is 19.2 Å². The van der Waals surface area contributed by atoms with Gasteiger partial charge in [0.25, 0.3) is 0 Å². The summed E-state index contributed by atoms with van der Waals surface area (Å²) >= 11 is 0. The molecule has 0 aliphatic carbocycles. The molecule has 1 heterocycles. The summed E-state index contributed by atoms with van der Waals surface area (Å²) in [6, 6.07) is 3.72. The topological polar surface area (TPSA) is 42.2 Å². The summed E-state index contributed by atoms with van der Waals surface area (Å²) in [6.45, 7) is 5.33. The zero-order valence-electron chi connectivity index (χ0n) is 8.49. The van der Waals surface area contributed by atoms with E-state index in [4.69, 9.17) is 5.73 Å². The SMILES string of the molecule is CC(C)CN(C)c1ncccc1N. The Morgan fingerprint density at radius 1 is 1.54 bits per heavy atom. The molecule has 0 aliphatic heterocycles. The molecule has 0 amide bonds. The molecule has 0 atom stereocenters. The van der Waals surface area contributed by atoms with Crippen molar-refractivity contribution >= 4 is 11.5 Å². The van der Waals surface area contributed by atoms with Crippen molar-refractivity contribution in [3.8, 4) is 0 Å². The number of hydrogen-bond donors (Lipinski definition) is 1. The minimum Gasteiger partial charge on any atom is -0.396 e. The maximum absolute atomic E-state index is 5.79. The molecule has 0 aliphatic rings. The average Bonchev–Trinajstić information content (AvgIpc) is 2.03. The lowest BCUT2D eigenvalue weighted by Crippen LogP contribution is -2.24. The van der Waals surface area contributed by atoms with E-state index in [2.05, 4.69) is 23.7 Å². The van der Waals surface area contributed by atoms with Gasteiger partial charge in [-0.1, -0.05) is 13.8 Å². The van der Waals surface area contributed by atoms with E-state index in [1.54, 1.807) is 6.20 Å². The zero-order chi connectivity index (χ0) is 9.84. The number of hydrogen-bond acceptors (Lipinski definition) is 3. The first kappa shape index (κ1) is 9.84.